The van der Waals surface area contributed by atoms with Crippen LogP contribution < -0.4 is 5.32 Å². The molecular weight excluding hydrogens is 134 g/mol. The topological polar surface area (TPSA) is 12.0 Å². The van der Waals surface area contributed by atoms with Gasteiger partial charge in [-0.3, -0.25) is 0 Å². The predicted octanol–water partition coefficient (Wildman–Crippen LogP) is 1.51. The van der Waals surface area contributed by atoms with E-state index in [2.05, 4.69) is 5.32 Å². The average Bonchev–Trinajstić information content (AvgIpc) is 2.11. The molecule has 2 heteroatoms. The first-order valence-electron chi connectivity index (χ1n) is 3.75. The van der Waals surface area contributed by atoms with Gasteiger partial charge in [-0.2, -0.15) is 0 Å². The molecule has 9 heavy (non-hydrogen) atoms. The zero-order chi connectivity index (χ0) is 6.27. The van der Waals surface area contributed by atoms with Crippen molar-refractivity contribution in [3.63, 3.8) is 0 Å². The SMILES string of the molecule is ClC1CC2CCC(C1)N2. The van der Waals surface area contributed by atoms with Gasteiger partial charge in [0.2, 0.25) is 0 Å². The first kappa shape index (κ1) is 5.99. The zero-order valence-corrected chi connectivity index (χ0v) is 6.19. The minimum absolute atomic E-state index is 0.462. The van der Waals surface area contributed by atoms with E-state index in [0.717, 1.165) is 12.1 Å². The van der Waals surface area contributed by atoms with Crippen LogP contribution in [-0.2, 0) is 0 Å². The number of halogens is 1. The second kappa shape index (κ2) is 2.14. The van der Waals surface area contributed by atoms with Crippen LogP contribution in [0.25, 0.3) is 0 Å². The van der Waals surface area contributed by atoms with Crippen LogP contribution in [0.4, 0.5) is 0 Å². The molecule has 0 spiro atoms. The van der Waals surface area contributed by atoms with Gasteiger partial charge in [0.05, 0.1) is 0 Å². The summed E-state index contributed by atoms with van der Waals surface area (Å²) in [7, 11) is 0. The highest BCUT2D eigenvalue weighted by Crippen LogP contribution is 2.29. The largest absolute Gasteiger partial charge is 0.311 e. The van der Waals surface area contributed by atoms with Gasteiger partial charge in [-0.1, -0.05) is 0 Å². The Kier molecular flexibility index (Phi) is 1.42. The van der Waals surface area contributed by atoms with Crippen LogP contribution in [0.15, 0.2) is 0 Å². The van der Waals surface area contributed by atoms with Crippen LogP contribution in [0, 0.1) is 0 Å². The molecule has 2 unspecified atom stereocenters. The van der Waals surface area contributed by atoms with Crippen molar-refractivity contribution in [1.82, 2.24) is 5.32 Å². The minimum atomic E-state index is 0.462. The maximum atomic E-state index is 6.01. The Labute approximate surface area is 60.8 Å². The van der Waals surface area contributed by atoms with Gasteiger partial charge < -0.3 is 5.32 Å². The van der Waals surface area contributed by atoms with Crippen molar-refractivity contribution in [3.05, 3.63) is 0 Å². The van der Waals surface area contributed by atoms with E-state index in [0.29, 0.717) is 5.38 Å². The van der Waals surface area contributed by atoms with Gasteiger partial charge in [0.25, 0.3) is 0 Å². The summed E-state index contributed by atoms with van der Waals surface area (Å²) in [5, 5.41) is 4.00. The molecule has 1 N–H and O–H groups in total. The molecule has 2 aliphatic rings. The Morgan fingerprint density at radius 1 is 1.11 bits per heavy atom. The van der Waals surface area contributed by atoms with Crippen LogP contribution in [0.3, 0.4) is 0 Å². The smallest absolute Gasteiger partial charge is 0.0365 e. The lowest BCUT2D eigenvalue weighted by molar-refractivity contribution is 0.411. The lowest BCUT2D eigenvalue weighted by atomic mass is 10.1. The number of hydrogen-bond acceptors (Lipinski definition) is 1. The summed E-state index contributed by atoms with van der Waals surface area (Å²) in [4.78, 5) is 0. The summed E-state index contributed by atoms with van der Waals surface area (Å²) < 4.78 is 0. The molecule has 0 amide bonds. The van der Waals surface area contributed by atoms with E-state index >= 15 is 0 Å². The van der Waals surface area contributed by atoms with Gasteiger partial charge in [-0.25, -0.2) is 0 Å². The molecule has 2 saturated heterocycles. The van der Waals surface area contributed by atoms with E-state index < -0.39 is 0 Å². The summed E-state index contributed by atoms with van der Waals surface area (Å²) in [6.45, 7) is 0. The first-order chi connectivity index (χ1) is 4.34. The normalized spacial score (nSPS) is 49.7. The van der Waals surface area contributed by atoms with E-state index in [-0.39, 0.29) is 0 Å². The molecule has 0 saturated carbocycles. The average molecular weight is 146 g/mol. The van der Waals surface area contributed by atoms with Crippen LogP contribution in [0.2, 0.25) is 0 Å². The highest BCUT2D eigenvalue weighted by molar-refractivity contribution is 6.20. The van der Waals surface area contributed by atoms with E-state index in [1.54, 1.807) is 0 Å². The van der Waals surface area contributed by atoms with Crippen LogP contribution in [0.5, 0.6) is 0 Å². The monoisotopic (exact) mass is 145 g/mol. The Morgan fingerprint density at radius 3 is 2.22 bits per heavy atom. The highest BCUT2D eigenvalue weighted by atomic mass is 35.5. The molecule has 0 aliphatic carbocycles. The van der Waals surface area contributed by atoms with E-state index in [9.17, 15) is 0 Å². The van der Waals surface area contributed by atoms with Gasteiger partial charge in [-0.05, 0) is 25.7 Å². The Hall–Kier alpha value is 0.250. The van der Waals surface area contributed by atoms with Crippen molar-refractivity contribution >= 4 is 11.6 Å². The summed E-state index contributed by atoms with van der Waals surface area (Å²) in [6, 6.07) is 1.51. The zero-order valence-electron chi connectivity index (χ0n) is 5.44. The minimum Gasteiger partial charge on any atom is -0.311 e. The maximum absolute atomic E-state index is 6.01. The molecule has 0 aromatic rings. The molecule has 2 rings (SSSR count). The van der Waals surface area contributed by atoms with Gasteiger partial charge in [0, 0.05) is 17.5 Å². The number of fused-ring (bicyclic) bond motifs is 2. The standard InChI is InChI=1S/C7H12ClN/c8-5-3-6-1-2-7(4-5)9-6/h5-7,9H,1-4H2. The quantitative estimate of drug-likeness (QED) is 0.510. The summed E-state index contributed by atoms with van der Waals surface area (Å²) in [5.74, 6) is 0. The molecule has 2 aliphatic heterocycles. The van der Waals surface area contributed by atoms with Crippen LogP contribution in [0.1, 0.15) is 25.7 Å². The van der Waals surface area contributed by atoms with Crippen LogP contribution in [-0.4, -0.2) is 17.5 Å². The molecule has 2 bridgehead atoms. The van der Waals surface area contributed by atoms with Gasteiger partial charge >= 0.3 is 0 Å². The fourth-order valence-electron chi connectivity index (χ4n) is 1.99. The molecule has 2 fully saturated rings. The van der Waals surface area contributed by atoms with E-state index in [1.807, 2.05) is 0 Å². The molecule has 2 heterocycles. The Balaban J connectivity index is 2.03. The second-order valence-corrected chi connectivity index (χ2v) is 3.82. The van der Waals surface area contributed by atoms with Gasteiger partial charge in [0.15, 0.2) is 0 Å². The Morgan fingerprint density at radius 2 is 1.67 bits per heavy atom. The number of piperidine rings is 1. The number of nitrogens with one attached hydrogen (secondary N) is 1. The predicted molar refractivity (Wildman–Crippen MR) is 38.8 cm³/mol. The first-order valence-corrected chi connectivity index (χ1v) is 4.18. The second-order valence-electron chi connectivity index (χ2n) is 3.21. The molecular formula is C7H12ClN. The number of rotatable bonds is 0. The van der Waals surface area contributed by atoms with Crippen molar-refractivity contribution in [2.24, 2.45) is 0 Å². The van der Waals surface area contributed by atoms with E-state index in [1.165, 1.54) is 25.7 Å². The van der Waals surface area contributed by atoms with Crippen molar-refractivity contribution in [2.75, 3.05) is 0 Å². The molecule has 52 valence electrons. The fourth-order valence-corrected chi connectivity index (χ4v) is 2.42. The highest BCUT2D eigenvalue weighted by Gasteiger charge is 2.32. The number of hydrogen-bond donors (Lipinski definition) is 1. The molecule has 0 aromatic carbocycles. The van der Waals surface area contributed by atoms with Crippen molar-refractivity contribution < 1.29 is 0 Å². The molecule has 0 aromatic heterocycles. The summed E-state index contributed by atoms with van der Waals surface area (Å²) in [5.41, 5.74) is 0. The maximum Gasteiger partial charge on any atom is 0.0365 e. The molecule has 0 radical (unpaired) electrons. The Bertz CT molecular complexity index is 103. The van der Waals surface area contributed by atoms with Crippen molar-refractivity contribution in [2.45, 2.75) is 43.1 Å². The summed E-state index contributed by atoms with van der Waals surface area (Å²) in [6.07, 6.45) is 5.10. The third-order valence-corrected chi connectivity index (χ3v) is 2.77. The molecule has 1 nitrogen and oxygen atoms in total. The van der Waals surface area contributed by atoms with E-state index in [4.69, 9.17) is 11.6 Å². The third kappa shape index (κ3) is 1.08. The van der Waals surface area contributed by atoms with Crippen LogP contribution >= 0.6 is 11.6 Å². The fraction of sp³-hybridized carbons (Fsp3) is 1.00. The summed E-state index contributed by atoms with van der Waals surface area (Å²) >= 11 is 6.01. The van der Waals surface area contributed by atoms with Gasteiger partial charge in [0.1, 0.15) is 0 Å². The molecule has 2 atom stereocenters. The lowest BCUT2D eigenvalue weighted by Crippen LogP contribution is -2.38. The van der Waals surface area contributed by atoms with Gasteiger partial charge in [-0.15, -0.1) is 11.6 Å². The number of alkyl halides is 1. The van der Waals surface area contributed by atoms with Crippen molar-refractivity contribution in [1.29, 1.82) is 0 Å². The third-order valence-electron chi connectivity index (χ3n) is 2.42. The van der Waals surface area contributed by atoms with Crippen molar-refractivity contribution in [3.8, 4) is 0 Å². The lowest BCUT2D eigenvalue weighted by Gasteiger charge is -2.24.